The zero-order chi connectivity index (χ0) is 11.7. The molecule has 1 saturated heterocycles. The largest absolute Gasteiger partial charge is 0.378 e. The van der Waals surface area contributed by atoms with Crippen molar-refractivity contribution in [2.45, 2.75) is 44.6 Å². The third-order valence-corrected chi connectivity index (χ3v) is 4.85. The molecule has 4 nitrogen and oxygen atoms in total. The standard InChI is InChI=1S/C13H23N3O.HI/c14-12(16-7-9-17-10-8-16)15-11-3-6-13(11)4-1-2-5-13;/h11H,1-10H2,(H2,14,15);1H. The van der Waals surface area contributed by atoms with Gasteiger partial charge in [0.25, 0.3) is 0 Å². The SMILES string of the molecule is I.NC(=NC1CCC12CCCC2)N1CCOCC1. The number of hydrogen-bond donors (Lipinski definition) is 1. The van der Waals surface area contributed by atoms with Crippen LogP contribution in [0, 0.1) is 5.41 Å². The van der Waals surface area contributed by atoms with Crippen molar-refractivity contribution in [1.29, 1.82) is 0 Å². The van der Waals surface area contributed by atoms with Crippen molar-refractivity contribution in [2.24, 2.45) is 16.1 Å². The molecule has 0 radical (unpaired) electrons. The molecule has 1 atom stereocenters. The molecule has 2 saturated carbocycles. The van der Waals surface area contributed by atoms with E-state index in [1.165, 1.54) is 38.5 Å². The number of nitrogens with two attached hydrogens (primary N) is 1. The summed E-state index contributed by atoms with van der Waals surface area (Å²) in [6.45, 7) is 3.36. The van der Waals surface area contributed by atoms with Gasteiger partial charge in [0, 0.05) is 13.1 Å². The average Bonchev–Trinajstić information content (AvgIpc) is 2.87. The van der Waals surface area contributed by atoms with Crippen LogP contribution in [-0.2, 0) is 4.74 Å². The Kier molecular flexibility index (Phi) is 4.75. The highest BCUT2D eigenvalue weighted by atomic mass is 127. The first-order valence-electron chi connectivity index (χ1n) is 6.96. The van der Waals surface area contributed by atoms with Gasteiger partial charge in [-0.2, -0.15) is 0 Å². The first-order chi connectivity index (χ1) is 8.30. The predicted molar refractivity (Wildman–Crippen MR) is 83.4 cm³/mol. The van der Waals surface area contributed by atoms with Gasteiger partial charge in [-0.1, -0.05) is 12.8 Å². The highest BCUT2D eigenvalue weighted by Gasteiger charge is 2.48. The van der Waals surface area contributed by atoms with E-state index in [-0.39, 0.29) is 24.0 Å². The minimum absolute atomic E-state index is 0. The van der Waals surface area contributed by atoms with Crippen molar-refractivity contribution in [3.8, 4) is 0 Å². The Morgan fingerprint density at radius 3 is 2.39 bits per heavy atom. The van der Waals surface area contributed by atoms with Gasteiger partial charge < -0.3 is 15.4 Å². The van der Waals surface area contributed by atoms with Crippen LogP contribution in [-0.4, -0.2) is 43.2 Å². The quantitative estimate of drug-likeness (QED) is 0.439. The first kappa shape index (κ1) is 14.4. The number of aliphatic imine (C=N–C) groups is 1. The fourth-order valence-electron chi connectivity index (χ4n) is 3.58. The Labute approximate surface area is 126 Å². The summed E-state index contributed by atoms with van der Waals surface area (Å²) in [5, 5.41) is 0. The number of ether oxygens (including phenoxy) is 1. The lowest BCUT2D eigenvalue weighted by atomic mass is 9.63. The summed E-state index contributed by atoms with van der Waals surface area (Å²) in [6, 6.07) is 0.507. The molecule has 2 aliphatic carbocycles. The van der Waals surface area contributed by atoms with Crippen LogP contribution in [0.3, 0.4) is 0 Å². The second-order valence-electron chi connectivity index (χ2n) is 5.71. The van der Waals surface area contributed by atoms with E-state index in [0.29, 0.717) is 11.5 Å². The number of hydrogen-bond acceptors (Lipinski definition) is 2. The molecular weight excluding hydrogens is 341 g/mol. The molecule has 1 aliphatic heterocycles. The molecular formula is C13H24IN3O. The lowest BCUT2D eigenvalue weighted by Gasteiger charge is -2.45. The van der Waals surface area contributed by atoms with E-state index >= 15 is 0 Å². The number of halogens is 1. The van der Waals surface area contributed by atoms with E-state index in [1.54, 1.807) is 0 Å². The first-order valence-corrected chi connectivity index (χ1v) is 6.96. The van der Waals surface area contributed by atoms with Crippen molar-refractivity contribution in [2.75, 3.05) is 26.3 Å². The Morgan fingerprint density at radius 2 is 1.83 bits per heavy atom. The Morgan fingerprint density at radius 1 is 1.17 bits per heavy atom. The van der Waals surface area contributed by atoms with Crippen molar-refractivity contribution in [3.63, 3.8) is 0 Å². The number of morpholine rings is 1. The smallest absolute Gasteiger partial charge is 0.191 e. The molecule has 1 heterocycles. The normalized spacial score (nSPS) is 31.0. The van der Waals surface area contributed by atoms with Gasteiger partial charge in [0.2, 0.25) is 0 Å². The van der Waals surface area contributed by atoms with Gasteiger partial charge >= 0.3 is 0 Å². The minimum Gasteiger partial charge on any atom is -0.378 e. The van der Waals surface area contributed by atoms with Crippen molar-refractivity contribution >= 4 is 29.9 Å². The summed E-state index contributed by atoms with van der Waals surface area (Å²) in [7, 11) is 0. The average molecular weight is 365 g/mol. The lowest BCUT2D eigenvalue weighted by molar-refractivity contribution is 0.0650. The van der Waals surface area contributed by atoms with Gasteiger partial charge in [-0.25, -0.2) is 4.99 Å². The van der Waals surface area contributed by atoms with Gasteiger partial charge in [-0.3, -0.25) is 0 Å². The monoisotopic (exact) mass is 365 g/mol. The maximum Gasteiger partial charge on any atom is 0.191 e. The van der Waals surface area contributed by atoms with Gasteiger partial charge in [0.05, 0.1) is 19.3 Å². The summed E-state index contributed by atoms with van der Waals surface area (Å²) < 4.78 is 5.34. The molecule has 104 valence electrons. The summed E-state index contributed by atoms with van der Waals surface area (Å²) in [6.07, 6.45) is 8.14. The molecule has 0 aromatic carbocycles. The molecule has 2 N–H and O–H groups in total. The van der Waals surface area contributed by atoms with E-state index in [4.69, 9.17) is 15.5 Å². The van der Waals surface area contributed by atoms with E-state index in [0.717, 1.165) is 32.3 Å². The zero-order valence-corrected chi connectivity index (χ0v) is 13.3. The van der Waals surface area contributed by atoms with Gasteiger partial charge in [0.15, 0.2) is 5.96 Å². The molecule has 1 unspecified atom stereocenters. The molecule has 0 amide bonds. The molecule has 0 bridgehead atoms. The Hall–Kier alpha value is -0.0400. The molecule has 5 heteroatoms. The van der Waals surface area contributed by atoms with E-state index in [1.807, 2.05) is 0 Å². The molecule has 3 fully saturated rings. The van der Waals surface area contributed by atoms with Gasteiger partial charge in [0.1, 0.15) is 0 Å². The second kappa shape index (κ2) is 5.94. The molecule has 3 rings (SSSR count). The van der Waals surface area contributed by atoms with E-state index in [2.05, 4.69) is 4.90 Å². The third-order valence-electron chi connectivity index (χ3n) is 4.85. The fourth-order valence-corrected chi connectivity index (χ4v) is 3.58. The van der Waals surface area contributed by atoms with Crippen LogP contribution in [0.5, 0.6) is 0 Å². The zero-order valence-electron chi connectivity index (χ0n) is 10.9. The van der Waals surface area contributed by atoms with Crippen molar-refractivity contribution < 1.29 is 4.74 Å². The van der Waals surface area contributed by atoms with Gasteiger partial charge in [-0.05, 0) is 31.1 Å². The molecule has 0 aromatic rings. The van der Waals surface area contributed by atoms with E-state index in [9.17, 15) is 0 Å². The molecule has 3 aliphatic rings. The van der Waals surface area contributed by atoms with Crippen molar-refractivity contribution in [1.82, 2.24) is 4.90 Å². The summed E-state index contributed by atoms with van der Waals surface area (Å²) in [5.41, 5.74) is 6.67. The fraction of sp³-hybridized carbons (Fsp3) is 0.923. The Bertz CT molecular complexity index is 309. The maximum atomic E-state index is 6.13. The maximum absolute atomic E-state index is 6.13. The van der Waals surface area contributed by atoms with Crippen LogP contribution in [0.1, 0.15) is 38.5 Å². The van der Waals surface area contributed by atoms with Crippen LogP contribution >= 0.6 is 24.0 Å². The predicted octanol–water partition coefficient (Wildman–Crippen LogP) is 1.97. The topological polar surface area (TPSA) is 50.8 Å². The van der Waals surface area contributed by atoms with Crippen molar-refractivity contribution in [3.05, 3.63) is 0 Å². The van der Waals surface area contributed by atoms with Crippen LogP contribution in [0.2, 0.25) is 0 Å². The highest BCUT2D eigenvalue weighted by Crippen LogP contribution is 2.54. The molecule has 18 heavy (non-hydrogen) atoms. The Balaban J connectivity index is 0.00000120. The summed E-state index contributed by atoms with van der Waals surface area (Å²) in [5.74, 6) is 0.754. The van der Waals surface area contributed by atoms with Crippen LogP contribution < -0.4 is 5.73 Å². The van der Waals surface area contributed by atoms with Gasteiger partial charge in [-0.15, -0.1) is 24.0 Å². The number of guanidine groups is 1. The third kappa shape index (κ3) is 2.61. The van der Waals surface area contributed by atoms with Crippen LogP contribution in [0.4, 0.5) is 0 Å². The van der Waals surface area contributed by atoms with Crippen LogP contribution in [0.25, 0.3) is 0 Å². The van der Waals surface area contributed by atoms with Crippen LogP contribution in [0.15, 0.2) is 4.99 Å². The summed E-state index contributed by atoms with van der Waals surface area (Å²) >= 11 is 0. The molecule has 1 spiro atoms. The highest BCUT2D eigenvalue weighted by molar-refractivity contribution is 14.0. The number of rotatable bonds is 1. The summed E-state index contributed by atoms with van der Waals surface area (Å²) in [4.78, 5) is 6.98. The second-order valence-corrected chi connectivity index (χ2v) is 5.71. The molecule has 0 aromatic heterocycles. The van der Waals surface area contributed by atoms with E-state index < -0.39 is 0 Å². The lowest BCUT2D eigenvalue weighted by Crippen LogP contribution is -2.48. The minimum atomic E-state index is 0. The number of nitrogens with zero attached hydrogens (tertiary/aromatic N) is 2.